The minimum Gasteiger partial charge on any atom is -0.360 e. The summed E-state index contributed by atoms with van der Waals surface area (Å²) in [6.45, 7) is 13.6. The summed E-state index contributed by atoms with van der Waals surface area (Å²) in [5.74, 6) is 0.533. The number of hydrogen-bond donors (Lipinski definition) is 2. The van der Waals surface area contributed by atoms with Crippen LogP contribution in [0.2, 0.25) is 0 Å². The van der Waals surface area contributed by atoms with Crippen molar-refractivity contribution in [3.8, 4) is 0 Å². The number of benzene rings is 2. The number of amides is 1. The summed E-state index contributed by atoms with van der Waals surface area (Å²) in [5.41, 5.74) is 5.14. The molecule has 0 aliphatic carbocycles. The van der Waals surface area contributed by atoms with Gasteiger partial charge in [0.05, 0.1) is 26.2 Å². The summed E-state index contributed by atoms with van der Waals surface area (Å²) in [7, 11) is 0. The summed E-state index contributed by atoms with van der Waals surface area (Å²) in [6.07, 6.45) is 0. The van der Waals surface area contributed by atoms with Crippen LogP contribution in [-0.2, 0) is 4.79 Å². The van der Waals surface area contributed by atoms with Crippen molar-refractivity contribution in [1.29, 1.82) is 0 Å². The van der Waals surface area contributed by atoms with Crippen LogP contribution in [0.3, 0.4) is 0 Å². The van der Waals surface area contributed by atoms with Crippen LogP contribution >= 0.6 is 0 Å². The van der Waals surface area contributed by atoms with Gasteiger partial charge in [-0.25, -0.2) is 0 Å². The number of ketones is 1. The molecule has 0 radical (unpaired) electrons. The molecule has 0 saturated carbocycles. The highest BCUT2D eigenvalue weighted by molar-refractivity contribution is 5.95. The fraction of sp³-hybridized carbons (Fsp3) is 0.440. The van der Waals surface area contributed by atoms with Crippen molar-refractivity contribution in [2.24, 2.45) is 0 Å². The Balaban J connectivity index is 1.61. The first-order valence-electron chi connectivity index (χ1n) is 10.9. The number of nitrogens with zero attached hydrogens (tertiary/aromatic N) is 1. The summed E-state index contributed by atoms with van der Waals surface area (Å²) in [4.78, 5) is 28.1. The van der Waals surface area contributed by atoms with Crippen LogP contribution in [0.15, 0.2) is 42.5 Å². The Morgan fingerprint density at radius 2 is 1.63 bits per heavy atom. The van der Waals surface area contributed by atoms with Crippen LogP contribution in [-0.4, -0.2) is 43.9 Å². The quantitative estimate of drug-likeness (QED) is 0.723. The highest BCUT2D eigenvalue weighted by Gasteiger charge is 2.30. The Morgan fingerprint density at radius 3 is 2.20 bits per heavy atom. The van der Waals surface area contributed by atoms with Crippen LogP contribution in [0.1, 0.15) is 55.1 Å². The first-order valence-corrected chi connectivity index (χ1v) is 10.9. The maximum absolute atomic E-state index is 13.0. The highest BCUT2D eigenvalue weighted by Crippen LogP contribution is 2.27. The molecule has 0 aromatic heterocycles. The van der Waals surface area contributed by atoms with Crippen LogP contribution < -0.4 is 15.1 Å². The number of hydrogen-bond acceptors (Lipinski definition) is 3. The minimum atomic E-state index is -0.105. The van der Waals surface area contributed by atoms with E-state index in [9.17, 15) is 9.59 Å². The number of anilines is 2. The van der Waals surface area contributed by atoms with Crippen LogP contribution in [0, 0.1) is 6.92 Å². The molecular formula is C25H34N3O2+. The predicted molar refractivity (Wildman–Crippen MR) is 123 cm³/mol. The molecule has 0 spiro atoms. The van der Waals surface area contributed by atoms with Crippen molar-refractivity contribution in [1.82, 2.24) is 0 Å². The van der Waals surface area contributed by atoms with Crippen molar-refractivity contribution in [3.05, 3.63) is 59.2 Å². The summed E-state index contributed by atoms with van der Waals surface area (Å²) in [6, 6.07) is 13.9. The van der Waals surface area contributed by atoms with Gasteiger partial charge in [-0.3, -0.25) is 9.59 Å². The van der Waals surface area contributed by atoms with Crippen molar-refractivity contribution < 1.29 is 14.5 Å². The summed E-state index contributed by atoms with van der Waals surface area (Å²) >= 11 is 0. The monoisotopic (exact) mass is 408 g/mol. The number of carbonyl (C=O) groups is 2. The van der Waals surface area contributed by atoms with Gasteiger partial charge in [0, 0.05) is 16.9 Å². The van der Waals surface area contributed by atoms with Gasteiger partial charge in [-0.15, -0.1) is 0 Å². The molecule has 2 N–H and O–H groups in total. The highest BCUT2D eigenvalue weighted by atomic mass is 16.2. The lowest BCUT2D eigenvalue weighted by atomic mass is 9.98. The lowest BCUT2D eigenvalue weighted by Crippen LogP contribution is -3.19. The average molecular weight is 409 g/mol. The van der Waals surface area contributed by atoms with E-state index in [2.05, 4.69) is 49.2 Å². The van der Waals surface area contributed by atoms with E-state index in [4.69, 9.17) is 0 Å². The Bertz CT molecular complexity index is 897. The molecule has 160 valence electrons. The van der Waals surface area contributed by atoms with Gasteiger partial charge < -0.3 is 15.1 Å². The second-order valence-corrected chi connectivity index (χ2v) is 8.65. The van der Waals surface area contributed by atoms with E-state index in [0.29, 0.717) is 5.92 Å². The number of aryl methyl sites for hydroxylation is 1. The molecule has 1 fully saturated rings. The molecule has 2 aromatic carbocycles. The van der Waals surface area contributed by atoms with E-state index in [1.807, 2.05) is 31.2 Å². The largest absolute Gasteiger partial charge is 0.360 e. The fourth-order valence-electron chi connectivity index (χ4n) is 4.15. The van der Waals surface area contributed by atoms with E-state index in [1.165, 1.54) is 10.5 Å². The molecule has 3 rings (SSSR count). The Hall–Kier alpha value is -2.66. The second kappa shape index (κ2) is 9.43. The van der Waals surface area contributed by atoms with Gasteiger partial charge >= 0.3 is 0 Å². The topological polar surface area (TPSA) is 53.9 Å². The normalized spacial score (nSPS) is 15.9. The predicted octanol–water partition coefficient (Wildman–Crippen LogP) is 3.05. The van der Waals surface area contributed by atoms with Crippen LogP contribution in [0.25, 0.3) is 0 Å². The number of para-hydroxylation sites is 1. The third-order valence-corrected chi connectivity index (χ3v) is 6.23. The van der Waals surface area contributed by atoms with Gasteiger partial charge in [0.1, 0.15) is 0 Å². The zero-order valence-electron chi connectivity index (χ0n) is 18.8. The standard InChI is InChI=1S/C25H33N3O2/c1-17(2)23-8-6-7-18(3)24(23)26-25(30)19(4)27-13-15-28(16-14-27)22-11-9-21(10-12-22)20(5)29/h6-12,17,19H,13-16H2,1-5H3,(H,26,30)/p+1/t19-/m0/s1. The van der Waals surface area contributed by atoms with Gasteiger partial charge in [-0.1, -0.05) is 32.0 Å². The zero-order valence-corrected chi connectivity index (χ0v) is 18.8. The van der Waals surface area contributed by atoms with Crippen molar-refractivity contribution >= 4 is 23.1 Å². The summed E-state index contributed by atoms with van der Waals surface area (Å²) in [5, 5.41) is 3.21. The third kappa shape index (κ3) is 4.90. The molecule has 1 amide bonds. The van der Waals surface area contributed by atoms with Crippen LogP contribution in [0.4, 0.5) is 11.4 Å². The molecule has 0 bridgehead atoms. The summed E-state index contributed by atoms with van der Waals surface area (Å²) < 4.78 is 0. The van der Waals surface area contributed by atoms with Gasteiger partial charge in [0.25, 0.3) is 5.91 Å². The molecule has 1 saturated heterocycles. The first kappa shape index (κ1) is 22.0. The second-order valence-electron chi connectivity index (χ2n) is 8.65. The number of Topliss-reactive ketones (excluding diaryl/α,β-unsaturated/α-hetero) is 1. The molecule has 1 atom stereocenters. The molecule has 5 heteroatoms. The van der Waals surface area contributed by atoms with E-state index in [0.717, 1.165) is 48.7 Å². The van der Waals surface area contributed by atoms with E-state index < -0.39 is 0 Å². The lowest BCUT2D eigenvalue weighted by molar-refractivity contribution is -0.914. The maximum atomic E-state index is 13.0. The Labute approximate surface area is 180 Å². The number of piperazine rings is 1. The van der Waals surface area contributed by atoms with Crippen LogP contribution in [0.5, 0.6) is 0 Å². The Kier molecular flexibility index (Phi) is 6.93. The lowest BCUT2D eigenvalue weighted by Gasteiger charge is -2.36. The van der Waals surface area contributed by atoms with Crippen molar-refractivity contribution in [3.63, 3.8) is 0 Å². The average Bonchev–Trinajstić information content (AvgIpc) is 2.74. The maximum Gasteiger partial charge on any atom is 0.282 e. The fourth-order valence-corrected chi connectivity index (χ4v) is 4.15. The van der Waals surface area contributed by atoms with Crippen molar-refractivity contribution in [2.45, 2.75) is 46.6 Å². The van der Waals surface area contributed by atoms with Gasteiger partial charge in [0.15, 0.2) is 11.8 Å². The van der Waals surface area contributed by atoms with Gasteiger partial charge in [0.2, 0.25) is 0 Å². The molecule has 1 heterocycles. The molecule has 1 aliphatic heterocycles. The van der Waals surface area contributed by atoms with Gasteiger partial charge in [-0.05, 0) is 62.1 Å². The van der Waals surface area contributed by atoms with Gasteiger partial charge in [-0.2, -0.15) is 0 Å². The molecular weight excluding hydrogens is 374 g/mol. The smallest absolute Gasteiger partial charge is 0.282 e. The first-order chi connectivity index (χ1) is 14.3. The van der Waals surface area contributed by atoms with E-state index >= 15 is 0 Å². The molecule has 30 heavy (non-hydrogen) atoms. The molecule has 5 nitrogen and oxygen atoms in total. The van der Waals surface area contributed by atoms with E-state index in [1.54, 1.807) is 6.92 Å². The Morgan fingerprint density at radius 1 is 1.00 bits per heavy atom. The number of carbonyl (C=O) groups excluding carboxylic acids is 2. The van der Waals surface area contributed by atoms with Crippen molar-refractivity contribution in [2.75, 3.05) is 36.4 Å². The molecule has 2 aromatic rings. The number of rotatable bonds is 6. The molecule has 0 unspecified atom stereocenters. The number of quaternary nitrogens is 1. The zero-order chi connectivity index (χ0) is 21.8. The number of nitrogens with one attached hydrogen (secondary N) is 2. The third-order valence-electron chi connectivity index (χ3n) is 6.23. The van der Waals surface area contributed by atoms with E-state index in [-0.39, 0.29) is 17.7 Å². The molecule has 1 aliphatic rings. The SMILES string of the molecule is CC(=O)c1ccc(N2CC[NH+]([C@@H](C)C(=O)Nc3c(C)cccc3C(C)C)CC2)cc1. The minimum absolute atomic E-state index is 0.0838.